The maximum atomic E-state index is 2.48. The lowest BCUT2D eigenvalue weighted by atomic mass is 10.0. The van der Waals surface area contributed by atoms with Gasteiger partial charge in [0.25, 0.3) is 0 Å². The molecule has 0 atom stereocenters. The summed E-state index contributed by atoms with van der Waals surface area (Å²) in [5, 5.41) is 6.76. The van der Waals surface area contributed by atoms with E-state index < -0.39 is 8.07 Å². The number of nitrogens with zero attached hydrogens (tertiary/aromatic N) is 2. The summed E-state index contributed by atoms with van der Waals surface area (Å²) in [5.74, 6) is 0. The molecule has 0 amide bonds. The van der Waals surface area contributed by atoms with Crippen molar-refractivity contribution in [2.75, 3.05) is 0 Å². The minimum atomic E-state index is -1.46. The molecule has 208 valence electrons. The molecule has 8 aromatic rings. The standard InChI is InChI=1S/C40H34N2Si/c1-4-43(2,3)32-23-24-40-36(27-32)35-19-7-10-22-39(35)42(40)31-16-12-14-29(26-31)28-13-11-15-30(25-28)41-37-20-8-5-17-33(37)34-18-6-9-21-38(34)41/h5-27H,4H2,1-3H3. The van der Waals surface area contributed by atoms with Crippen LogP contribution in [-0.2, 0) is 0 Å². The average molecular weight is 571 g/mol. The Morgan fingerprint density at radius 3 is 1.37 bits per heavy atom. The Hall–Kier alpha value is -4.86. The first-order chi connectivity index (χ1) is 21.0. The predicted molar refractivity (Wildman–Crippen MR) is 188 cm³/mol. The van der Waals surface area contributed by atoms with Crippen LogP contribution in [0, 0.1) is 0 Å². The molecule has 0 saturated heterocycles. The third kappa shape index (κ3) is 4.07. The minimum Gasteiger partial charge on any atom is -0.309 e. The normalized spacial score (nSPS) is 12.2. The fraction of sp³-hybridized carbons (Fsp3) is 0.100. The monoisotopic (exact) mass is 570 g/mol. The molecule has 0 N–H and O–H groups in total. The van der Waals surface area contributed by atoms with Gasteiger partial charge in [-0.15, -0.1) is 0 Å². The van der Waals surface area contributed by atoms with Gasteiger partial charge in [0.2, 0.25) is 0 Å². The van der Waals surface area contributed by atoms with Gasteiger partial charge in [0.05, 0.1) is 30.1 Å². The van der Waals surface area contributed by atoms with Crippen LogP contribution in [0.5, 0.6) is 0 Å². The maximum absolute atomic E-state index is 2.48. The molecule has 8 rings (SSSR count). The topological polar surface area (TPSA) is 9.86 Å². The van der Waals surface area contributed by atoms with Gasteiger partial charge in [-0.3, -0.25) is 0 Å². The summed E-state index contributed by atoms with van der Waals surface area (Å²) in [4.78, 5) is 0. The van der Waals surface area contributed by atoms with Crippen LogP contribution in [0.2, 0.25) is 19.1 Å². The number of hydrogen-bond acceptors (Lipinski definition) is 0. The molecule has 6 aromatic carbocycles. The number of fused-ring (bicyclic) bond motifs is 6. The summed E-state index contributed by atoms with van der Waals surface area (Å²) in [6.07, 6.45) is 0. The van der Waals surface area contributed by atoms with Gasteiger partial charge in [0.15, 0.2) is 0 Å². The van der Waals surface area contributed by atoms with Crippen molar-refractivity contribution in [2.45, 2.75) is 26.1 Å². The molecular weight excluding hydrogens is 537 g/mol. The summed E-state index contributed by atoms with van der Waals surface area (Å²) in [6, 6.07) is 52.7. The molecule has 0 spiro atoms. The Morgan fingerprint density at radius 2 is 0.884 bits per heavy atom. The molecular formula is C40H34N2Si. The van der Waals surface area contributed by atoms with Crippen molar-refractivity contribution in [3.63, 3.8) is 0 Å². The van der Waals surface area contributed by atoms with Gasteiger partial charge >= 0.3 is 0 Å². The van der Waals surface area contributed by atoms with E-state index in [0.717, 1.165) is 0 Å². The number of benzene rings is 6. The van der Waals surface area contributed by atoms with E-state index in [1.807, 2.05) is 0 Å². The quantitative estimate of drug-likeness (QED) is 0.182. The molecule has 3 heteroatoms. The molecule has 2 nitrogen and oxygen atoms in total. The second-order valence-corrected chi connectivity index (χ2v) is 17.3. The fourth-order valence-corrected chi connectivity index (χ4v) is 8.20. The summed E-state index contributed by atoms with van der Waals surface area (Å²) in [7, 11) is -1.46. The molecule has 0 radical (unpaired) electrons. The van der Waals surface area contributed by atoms with Crippen LogP contribution < -0.4 is 5.19 Å². The minimum absolute atomic E-state index is 1.17. The summed E-state index contributed by atoms with van der Waals surface area (Å²) in [6.45, 7) is 7.29. The third-order valence-corrected chi connectivity index (χ3v) is 13.1. The van der Waals surface area contributed by atoms with E-state index in [0.29, 0.717) is 0 Å². The van der Waals surface area contributed by atoms with Gasteiger partial charge in [-0.25, -0.2) is 0 Å². The second-order valence-electron chi connectivity index (χ2n) is 12.3. The Balaban J connectivity index is 1.29. The van der Waals surface area contributed by atoms with E-state index in [4.69, 9.17) is 0 Å². The average Bonchev–Trinajstić information content (AvgIpc) is 3.58. The first-order valence-electron chi connectivity index (χ1n) is 15.3. The van der Waals surface area contributed by atoms with Crippen LogP contribution >= 0.6 is 0 Å². The highest BCUT2D eigenvalue weighted by molar-refractivity contribution is 6.89. The molecule has 43 heavy (non-hydrogen) atoms. The van der Waals surface area contributed by atoms with E-state index in [1.165, 1.54) is 77.3 Å². The van der Waals surface area contributed by atoms with Gasteiger partial charge in [-0.1, -0.05) is 122 Å². The molecule has 2 aromatic heterocycles. The maximum Gasteiger partial charge on any atom is 0.0803 e. The Bertz CT molecular complexity index is 2260. The van der Waals surface area contributed by atoms with Crippen LogP contribution in [0.3, 0.4) is 0 Å². The molecule has 0 bridgehead atoms. The van der Waals surface area contributed by atoms with Crippen LogP contribution in [0.1, 0.15) is 6.92 Å². The van der Waals surface area contributed by atoms with Gasteiger partial charge in [-0.2, -0.15) is 0 Å². The van der Waals surface area contributed by atoms with Gasteiger partial charge in [-0.05, 0) is 59.7 Å². The Morgan fingerprint density at radius 1 is 0.442 bits per heavy atom. The molecule has 0 aliphatic rings. The van der Waals surface area contributed by atoms with Gasteiger partial charge < -0.3 is 9.13 Å². The first-order valence-corrected chi connectivity index (χ1v) is 18.5. The molecule has 0 aliphatic heterocycles. The zero-order chi connectivity index (χ0) is 29.1. The van der Waals surface area contributed by atoms with Crippen molar-refractivity contribution < 1.29 is 0 Å². The Kier molecular flexibility index (Phi) is 5.92. The van der Waals surface area contributed by atoms with E-state index in [-0.39, 0.29) is 0 Å². The molecule has 0 saturated carbocycles. The zero-order valence-corrected chi connectivity index (χ0v) is 25.9. The fourth-order valence-electron chi connectivity index (χ4n) is 6.73. The van der Waals surface area contributed by atoms with Crippen molar-refractivity contribution in [1.82, 2.24) is 9.13 Å². The highest BCUT2D eigenvalue weighted by atomic mass is 28.3. The Labute approximate surface area is 253 Å². The lowest BCUT2D eigenvalue weighted by Gasteiger charge is -2.21. The third-order valence-electron chi connectivity index (χ3n) is 9.46. The van der Waals surface area contributed by atoms with Crippen LogP contribution in [-0.4, -0.2) is 17.2 Å². The summed E-state index contributed by atoms with van der Waals surface area (Å²) < 4.78 is 4.83. The van der Waals surface area contributed by atoms with Crippen molar-refractivity contribution in [3.8, 4) is 22.5 Å². The summed E-state index contributed by atoms with van der Waals surface area (Å²) in [5.41, 5.74) is 9.76. The number of aromatic nitrogens is 2. The SMILES string of the molecule is CC[Si](C)(C)c1ccc2c(c1)c1ccccc1n2-c1cccc(-c2cccc(-n3c4ccccc4c4ccccc43)c2)c1. The van der Waals surface area contributed by atoms with E-state index >= 15 is 0 Å². The molecule has 0 aliphatic carbocycles. The van der Waals surface area contributed by atoms with Crippen LogP contribution in [0.25, 0.3) is 66.1 Å². The highest BCUT2D eigenvalue weighted by Gasteiger charge is 2.22. The van der Waals surface area contributed by atoms with E-state index in [1.54, 1.807) is 0 Å². The van der Waals surface area contributed by atoms with Crippen molar-refractivity contribution in [2.24, 2.45) is 0 Å². The zero-order valence-electron chi connectivity index (χ0n) is 24.9. The summed E-state index contributed by atoms with van der Waals surface area (Å²) >= 11 is 0. The van der Waals surface area contributed by atoms with E-state index in [9.17, 15) is 0 Å². The molecule has 0 unspecified atom stereocenters. The molecule has 2 heterocycles. The number of para-hydroxylation sites is 3. The van der Waals surface area contributed by atoms with Gasteiger partial charge in [0, 0.05) is 32.9 Å². The predicted octanol–water partition coefficient (Wildman–Crippen LogP) is 10.5. The second kappa shape index (κ2) is 9.86. The van der Waals surface area contributed by atoms with Gasteiger partial charge in [0.1, 0.15) is 0 Å². The van der Waals surface area contributed by atoms with Crippen molar-refractivity contribution >= 4 is 56.9 Å². The highest BCUT2D eigenvalue weighted by Crippen LogP contribution is 2.35. The molecule has 0 fully saturated rings. The van der Waals surface area contributed by atoms with Crippen LogP contribution in [0.4, 0.5) is 0 Å². The van der Waals surface area contributed by atoms with E-state index in [2.05, 4.69) is 169 Å². The lowest BCUT2D eigenvalue weighted by Crippen LogP contribution is -2.40. The van der Waals surface area contributed by atoms with Crippen molar-refractivity contribution in [3.05, 3.63) is 140 Å². The number of hydrogen-bond donors (Lipinski definition) is 0. The lowest BCUT2D eigenvalue weighted by molar-refractivity contribution is 1.17. The first kappa shape index (κ1) is 25.8. The number of rotatable bonds is 5. The largest absolute Gasteiger partial charge is 0.309 e. The smallest absolute Gasteiger partial charge is 0.0803 e. The van der Waals surface area contributed by atoms with Crippen LogP contribution in [0.15, 0.2) is 140 Å². The van der Waals surface area contributed by atoms with Crippen molar-refractivity contribution in [1.29, 1.82) is 0 Å².